The Morgan fingerprint density at radius 1 is 1.42 bits per heavy atom. The van der Waals surface area contributed by atoms with Crippen molar-refractivity contribution in [3.8, 4) is 6.07 Å². The van der Waals surface area contributed by atoms with E-state index in [1.54, 1.807) is 0 Å². The largest absolute Gasteiger partial charge is 0.389 e. The Kier molecular flexibility index (Phi) is 2.74. The van der Waals surface area contributed by atoms with E-state index in [4.69, 9.17) is 11.0 Å². The molecule has 3 N–H and O–H groups in total. The van der Waals surface area contributed by atoms with Crippen molar-refractivity contribution in [2.75, 3.05) is 5.32 Å². The Morgan fingerprint density at radius 3 is 2.67 bits per heavy atom. The predicted molar refractivity (Wildman–Crippen MR) is 47.9 cm³/mol. The lowest BCUT2D eigenvalue weighted by Gasteiger charge is -1.98. The summed E-state index contributed by atoms with van der Waals surface area (Å²) in [7, 11) is 0. The van der Waals surface area contributed by atoms with Crippen LogP contribution in [0.4, 0.5) is 5.69 Å². The van der Waals surface area contributed by atoms with E-state index in [1.165, 1.54) is 6.20 Å². The number of anilines is 1. The SMILES string of the molecule is N#C/C(N)=C/Nc1ccccc1. The van der Waals surface area contributed by atoms with Crippen molar-refractivity contribution in [2.45, 2.75) is 0 Å². The first-order valence-corrected chi connectivity index (χ1v) is 3.50. The highest BCUT2D eigenvalue weighted by molar-refractivity contribution is 5.46. The van der Waals surface area contributed by atoms with Gasteiger partial charge in [0.1, 0.15) is 11.8 Å². The van der Waals surface area contributed by atoms with Gasteiger partial charge in [0.15, 0.2) is 0 Å². The summed E-state index contributed by atoms with van der Waals surface area (Å²) in [5, 5.41) is 11.2. The third kappa shape index (κ3) is 2.35. The molecule has 0 fully saturated rings. The Hall–Kier alpha value is -1.95. The lowest BCUT2D eigenvalue weighted by atomic mass is 10.3. The Labute approximate surface area is 71.1 Å². The van der Waals surface area contributed by atoms with Gasteiger partial charge in [0.05, 0.1) is 0 Å². The normalized spacial score (nSPS) is 10.4. The highest BCUT2D eigenvalue weighted by atomic mass is 14.9. The molecule has 12 heavy (non-hydrogen) atoms. The second kappa shape index (κ2) is 4.04. The number of nitrogens with two attached hydrogens (primary N) is 1. The van der Waals surface area contributed by atoms with E-state index < -0.39 is 0 Å². The first kappa shape index (κ1) is 8.15. The number of benzene rings is 1. The number of hydrogen-bond acceptors (Lipinski definition) is 3. The van der Waals surface area contributed by atoms with Gasteiger partial charge in [0.25, 0.3) is 0 Å². The lowest BCUT2D eigenvalue weighted by Crippen LogP contribution is -1.97. The van der Waals surface area contributed by atoms with Gasteiger partial charge in [-0.1, -0.05) is 18.2 Å². The van der Waals surface area contributed by atoms with Gasteiger partial charge in [-0.25, -0.2) is 0 Å². The maximum atomic E-state index is 8.33. The number of rotatable bonds is 2. The van der Waals surface area contributed by atoms with Crippen LogP contribution < -0.4 is 11.1 Å². The van der Waals surface area contributed by atoms with Crippen LogP contribution in [-0.2, 0) is 0 Å². The number of allylic oxidation sites excluding steroid dienone is 1. The van der Waals surface area contributed by atoms with Gasteiger partial charge >= 0.3 is 0 Å². The second-order valence-electron chi connectivity index (χ2n) is 2.22. The number of nitrogens with one attached hydrogen (secondary N) is 1. The highest BCUT2D eigenvalue weighted by Gasteiger charge is 1.86. The Bertz CT molecular complexity index is 308. The summed E-state index contributed by atoms with van der Waals surface area (Å²) in [6, 6.07) is 11.3. The fourth-order valence-corrected chi connectivity index (χ4v) is 0.728. The van der Waals surface area contributed by atoms with Gasteiger partial charge in [-0.15, -0.1) is 0 Å². The first-order chi connectivity index (χ1) is 5.83. The molecule has 0 saturated carbocycles. The van der Waals surface area contributed by atoms with Gasteiger partial charge in [0, 0.05) is 11.9 Å². The summed E-state index contributed by atoms with van der Waals surface area (Å²) in [4.78, 5) is 0. The van der Waals surface area contributed by atoms with Crippen molar-refractivity contribution in [1.29, 1.82) is 5.26 Å². The van der Waals surface area contributed by atoms with Gasteiger partial charge in [-0.2, -0.15) is 5.26 Å². The fourth-order valence-electron chi connectivity index (χ4n) is 0.728. The van der Waals surface area contributed by atoms with Crippen molar-refractivity contribution in [3.05, 3.63) is 42.2 Å². The van der Waals surface area contributed by atoms with Crippen LogP contribution in [0.1, 0.15) is 0 Å². The molecule has 0 heterocycles. The molecule has 1 rings (SSSR count). The summed E-state index contributed by atoms with van der Waals surface area (Å²) in [5.74, 6) is 0. The van der Waals surface area contributed by atoms with Crippen LogP contribution in [0.5, 0.6) is 0 Å². The summed E-state index contributed by atoms with van der Waals surface area (Å²) in [6.07, 6.45) is 1.47. The van der Waals surface area contributed by atoms with E-state index in [-0.39, 0.29) is 5.70 Å². The molecular formula is C9H9N3. The van der Waals surface area contributed by atoms with Gasteiger partial charge in [-0.05, 0) is 12.1 Å². The second-order valence-corrected chi connectivity index (χ2v) is 2.22. The van der Waals surface area contributed by atoms with Crippen molar-refractivity contribution in [3.63, 3.8) is 0 Å². The summed E-state index contributed by atoms with van der Waals surface area (Å²) in [5.41, 5.74) is 6.34. The third-order valence-corrected chi connectivity index (χ3v) is 1.30. The van der Waals surface area contributed by atoms with Crippen LogP contribution in [0, 0.1) is 11.3 Å². The number of para-hydroxylation sites is 1. The highest BCUT2D eigenvalue weighted by Crippen LogP contribution is 2.04. The molecule has 0 atom stereocenters. The van der Waals surface area contributed by atoms with E-state index in [0.29, 0.717) is 0 Å². The van der Waals surface area contributed by atoms with E-state index >= 15 is 0 Å². The molecule has 0 aliphatic heterocycles. The third-order valence-electron chi connectivity index (χ3n) is 1.30. The molecule has 0 amide bonds. The molecular weight excluding hydrogens is 150 g/mol. The first-order valence-electron chi connectivity index (χ1n) is 3.50. The molecule has 0 saturated heterocycles. The average molecular weight is 159 g/mol. The van der Waals surface area contributed by atoms with Crippen molar-refractivity contribution in [2.24, 2.45) is 5.73 Å². The molecule has 60 valence electrons. The Balaban J connectivity index is 2.61. The maximum absolute atomic E-state index is 8.33. The van der Waals surface area contributed by atoms with Crippen LogP contribution in [0.25, 0.3) is 0 Å². The predicted octanol–water partition coefficient (Wildman–Crippen LogP) is 1.42. The van der Waals surface area contributed by atoms with E-state index in [9.17, 15) is 0 Å². The van der Waals surface area contributed by atoms with Gasteiger partial charge in [0.2, 0.25) is 0 Å². The number of hydrogen-bond donors (Lipinski definition) is 2. The van der Waals surface area contributed by atoms with Crippen LogP contribution in [-0.4, -0.2) is 0 Å². The molecule has 3 nitrogen and oxygen atoms in total. The topological polar surface area (TPSA) is 61.8 Å². The monoisotopic (exact) mass is 159 g/mol. The molecule has 1 aromatic carbocycles. The minimum Gasteiger partial charge on any atom is -0.389 e. The van der Waals surface area contributed by atoms with E-state index in [0.717, 1.165) is 5.69 Å². The fraction of sp³-hybridized carbons (Fsp3) is 0. The lowest BCUT2D eigenvalue weighted by molar-refractivity contribution is 1.37. The van der Waals surface area contributed by atoms with Gasteiger partial charge < -0.3 is 11.1 Å². The van der Waals surface area contributed by atoms with Crippen LogP contribution in [0.2, 0.25) is 0 Å². The average Bonchev–Trinajstić information content (AvgIpc) is 2.16. The van der Waals surface area contributed by atoms with Crippen molar-refractivity contribution < 1.29 is 0 Å². The number of nitriles is 1. The quantitative estimate of drug-likeness (QED) is 0.641. The van der Waals surface area contributed by atoms with Crippen LogP contribution in [0.3, 0.4) is 0 Å². The molecule has 0 spiro atoms. The zero-order chi connectivity index (χ0) is 8.81. The molecule has 3 heteroatoms. The Morgan fingerprint density at radius 2 is 2.08 bits per heavy atom. The minimum absolute atomic E-state index is 0.166. The molecule has 1 aromatic rings. The van der Waals surface area contributed by atoms with Gasteiger partial charge in [-0.3, -0.25) is 0 Å². The van der Waals surface area contributed by atoms with E-state index in [1.807, 2.05) is 36.4 Å². The zero-order valence-corrected chi connectivity index (χ0v) is 6.49. The molecule has 0 unspecified atom stereocenters. The van der Waals surface area contributed by atoms with Crippen LogP contribution in [0.15, 0.2) is 42.2 Å². The molecule has 0 aliphatic rings. The molecule has 0 aliphatic carbocycles. The standard InChI is InChI=1S/C9H9N3/c10-6-8(11)7-12-9-4-2-1-3-5-9/h1-5,7,12H,11H2/b8-7-. The zero-order valence-electron chi connectivity index (χ0n) is 6.49. The molecule has 0 radical (unpaired) electrons. The molecule has 0 aromatic heterocycles. The maximum Gasteiger partial charge on any atom is 0.127 e. The van der Waals surface area contributed by atoms with Crippen molar-refractivity contribution in [1.82, 2.24) is 0 Å². The summed E-state index contributed by atoms with van der Waals surface area (Å²) in [6.45, 7) is 0. The summed E-state index contributed by atoms with van der Waals surface area (Å²) < 4.78 is 0. The summed E-state index contributed by atoms with van der Waals surface area (Å²) >= 11 is 0. The number of nitrogens with zero attached hydrogens (tertiary/aromatic N) is 1. The van der Waals surface area contributed by atoms with E-state index in [2.05, 4.69) is 5.32 Å². The van der Waals surface area contributed by atoms with Crippen molar-refractivity contribution >= 4 is 5.69 Å². The molecule has 0 bridgehead atoms. The minimum atomic E-state index is 0.166. The van der Waals surface area contributed by atoms with Crippen LogP contribution >= 0.6 is 0 Å². The smallest absolute Gasteiger partial charge is 0.127 e.